The smallest absolute Gasteiger partial charge is 0.411 e. The maximum atomic E-state index is 13.3. The summed E-state index contributed by atoms with van der Waals surface area (Å²) in [4.78, 5) is 39.7. The van der Waals surface area contributed by atoms with E-state index in [1.807, 2.05) is 103 Å². The Bertz CT molecular complexity index is 2000. The van der Waals surface area contributed by atoms with Crippen LogP contribution in [-0.4, -0.2) is 37.9 Å². The molecule has 51 heavy (non-hydrogen) atoms. The summed E-state index contributed by atoms with van der Waals surface area (Å²) < 4.78 is 17.0. The number of nitrogens with two attached hydrogens (primary N) is 1. The second kappa shape index (κ2) is 15.1. The minimum Gasteiger partial charge on any atom is -0.460 e. The Balaban J connectivity index is 1.05. The highest BCUT2D eigenvalue weighted by molar-refractivity contribution is 5.81. The molecular formula is C42H37N3O6. The Morgan fingerprint density at radius 3 is 1.49 bits per heavy atom. The lowest BCUT2D eigenvalue weighted by Gasteiger charge is -2.20. The summed E-state index contributed by atoms with van der Waals surface area (Å²) in [6.45, 7) is -0.0648. The maximum absolute atomic E-state index is 13.3. The summed E-state index contributed by atoms with van der Waals surface area (Å²) in [6.07, 6.45) is -0.370. The third-order valence-corrected chi connectivity index (χ3v) is 9.40. The molecule has 5 aromatic carbocycles. The van der Waals surface area contributed by atoms with Crippen LogP contribution >= 0.6 is 0 Å². The van der Waals surface area contributed by atoms with Crippen molar-refractivity contribution in [2.75, 3.05) is 19.8 Å². The van der Waals surface area contributed by atoms with Gasteiger partial charge in [-0.05, 0) is 50.1 Å². The van der Waals surface area contributed by atoms with E-state index >= 15 is 0 Å². The Morgan fingerprint density at radius 2 is 1.02 bits per heavy atom. The lowest BCUT2D eigenvalue weighted by atomic mass is 9.98. The first-order chi connectivity index (χ1) is 25.0. The molecule has 0 aliphatic heterocycles. The fraction of sp³-hybridized carbons (Fsp3) is 0.167. The van der Waals surface area contributed by atoms with Gasteiger partial charge in [0.1, 0.15) is 25.7 Å². The van der Waals surface area contributed by atoms with Crippen LogP contribution in [0.4, 0.5) is 9.59 Å². The predicted octanol–water partition coefficient (Wildman–Crippen LogP) is 7.22. The van der Waals surface area contributed by atoms with E-state index in [1.165, 1.54) is 6.20 Å². The van der Waals surface area contributed by atoms with Crippen LogP contribution in [0.2, 0.25) is 0 Å². The summed E-state index contributed by atoms with van der Waals surface area (Å²) in [5.41, 5.74) is 15.5. The van der Waals surface area contributed by atoms with Crippen molar-refractivity contribution in [2.24, 2.45) is 11.7 Å². The van der Waals surface area contributed by atoms with Crippen molar-refractivity contribution in [3.8, 4) is 22.3 Å². The lowest BCUT2D eigenvalue weighted by Crippen LogP contribution is -2.38. The van der Waals surface area contributed by atoms with E-state index in [0.29, 0.717) is 0 Å². The van der Waals surface area contributed by atoms with E-state index in [2.05, 4.69) is 34.9 Å². The number of esters is 1. The number of nitrogens with one attached hydrogen (secondary N) is 2. The van der Waals surface area contributed by atoms with Crippen molar-refractivity contribution in [1.29, 1.82) is 0 Å². The van der Waals surface area contributed by atoms with Crippen LogP contribution in [0.15, 0.2) is 139 Å². The molecule has 0 heterocycles. The van der Waals surface area contributed by atoms with Crippen molar-refractivity contribution in [2.45, 2.75) is 18.4 Å². The molecule has 0 aromatic heterocycles. The van der Waals surface area contributed by atoms with E-state index in [1.54, 1.807) is 0 Å². The molecule has 0 saturated heterocycles. The molecule has 2 aliphatic carbocycles. The fourth-order valence-corrected chi connectivity index (χ4v) is 6.93. The highest BCUT2D eigenvalue weighted by Crippen LogP contribution is 2.45. The normalized spacial score (nSPS) is 13.6. The quantitative estimate of drug-likeness (QED) is 0.0993. The Labute approximate surface area is 296 Å². The molecule has 0 radical (unpaired) electrons. The molecule has 1 atom stereocenters. The Kier molecular flexibility index (Phi) is 9.89. The van der Waals surface area contributed by atoms with Crippen molar-refractivity contribution in [3.05, 3.63) is 167 Å². The van der Waals surface area contributed by atoms with E-state index in [-0.39, 0.29) is 43.9 Å². The van der Waals surface area contributed by atoms with Gasteiger partial charge in [-0.15, -0.1) is 0 Å². The summed E-state index contributed by atoms with van der Waals surface area (Å²) >= 11 is 0. The predicted molar refractivity (Wildman–Crippen MR) is 193 cm³/mol. The average Bonchev–Trinajstić information content (AvgIpc) is 3.67. The van der Waals surface area contributed by atoms with Crippen molar-refractivity contribution < 1.29 is 28.6 Å². The van der Waals surface area contributed by atoms with Crippen LogP contribution in [0.3, 0.4) is 0 Å². The third kappa shape index (κ3) is 7.11. The summed E-state index contributed by atoms with van der Waals surface area (Å²) in [6, 6.07) is 41.3. The first kappa shape index (κ1) is 33.3. The van der Waals surface area contributed by atoms with Crippen molar-refractivity contribution in [3.63, 3.8) is 0 Å². The number of carbonyl (C=O) groups is 3. The number of ether oxygens (including phenoxy) is 3. The molecule has 5 aromatic rings. The number of hydrogen-bond acceptors (Lipinski definition) is 7. The highest BCUT2D eigenvalue weighted by atomic mass is 16.6. The summed E-state index contributed by atoms with van der Waals surface area (Å²) in [5.74, 6) is -2.12. The number of amides is 2. The molecule has 0 spiro atoms. The van der Waals surface area contributed by atoms with Crippen LogP contribution in [0, 0.1) is 5.92 Å². The fourth-order valence-electron chi connectivity index (χ4n) is 6.93. The molecule has 1 unspecified atom stereocenters. The topological polar surface area (TPSA) is 129 Å². The van der Waals surface area contributed by atoms with Crippen LogP contribution in [-0.2, 0) is 25.6 Å². The van der Waals surface area contributed by atoms with Gasteiger partial charge in [0, 0.05) is 24.6 Å². The average molecular weight is 680 g/mol. The van der Waals surface area contributed by atoms with Crippen molar-refractivity contribution >= 4 is 18.2 Å². The summed E-state index contributed by atoms with van der Waals surface area (Å²) in [7, 11) is 0. The molecule has 0 fully saturated rings. The van der Waals surface area contributed by atoms with E-state index < -0.39 is 24.1 Å². The zero-order valence-corrected chi connectivity index (χ0v) is 27.8. The molecule has 256 valence electrons. The standard InChI is InChI=1S/C42H37N3O6/c43-22-36(40(46)49-24-27-12-2-1-3-13-27)39(45-42(48)51-26-38-34-20-10-6-16-30(34)31-17-7-11-21-35(31)38)23-44-41(47)50-25-37-32-18-8-4-14-28(32)29-15-5-9-19-33(29)37/h1-21,23,36-38H,22,24-26,43H2,(H,44,47)(H,45,48). The zero-order valence-electron chi connectivity index (χ0n) is 27.8. The molecule has 0 saturated carbocycles. The van der Waals surface area contributed by atoms with Gasteiger partial charge in [0.2, 0.25) is 0 Å². The highest BCUT2D eigenvalue weighted by Gasteiger charge is 2.31. The number of fused-ring (bicyclic) bond motifs is 6. The Hall–Kier alpha value is -6.19. The molecule has 0 bridgehead atoms. The number of alkyl carbamates (subject to hydrolysis) is 2. The van der Waals surface area contributed by atoms with Gasteiger partial charge in [-0.3, -0.25) is 15.4 Å². The molecule has 9 heteroatoms. The molecule has 4 N–H and O–H groups in total. The minimum absolute atomic E-state index is 0.00120. The number of carbonyl (C=O) groups excluding carboxylic acids is 3. The number of hydrogen-bond donors (Lipinski definition) is 3. The lowest BCUT2D eigenvalue weighted by molar-refractivity contribution is -0.148. The van der Waals surface area contributed by atoms with Crippen LogP contribution in [0.25, 0.3) is 22.3 Å². The second-order valence-electron chi connectivity index (χ2n) is 12.4. The number of benzene rings is 5. The van der Waals surface area contributed by atoms with Crippen LogP contribution < -0.4 is 16.4 Å². The first-order valence-corrected chi connectivity index (χ1v) is 16.9. The van der Waals surface area contributed by atoms with Gasteiger partial charge in [-0.2, -0.15) is 0 Å². The van der Waals surface area contributed by atoms with Crippen LogP contribution in [0.5, 0.6) is 0 Å². The number of rotatable bonds is 11. The summed E-state index contributed by atoms with van der Waals surface area (Å²) in [5, 5.41) is 5.22. The van der Waals surface area contributed by atoms with Gasteiger partial charge >= 0.3 is 18.2 Å². The van der Waals surface area contributed by atoms with Crippen LogP contribution in [0.1, 0.15) is 39.7 Å². The molecule has 2 aliphatic rings. The van der Waals surface area contributed by atoms with Gasteiger partial charge in [0.05, 0.1) is 5.70 Å². The van der Waals surface area contributed by atoms with Gasteiger partial charge in [-0.25, -0.2) is 9.59 Å². The second-order valence-corrected chi connectivity index (χ2v) is 12.4. The van der Waals surface area contributed by atoms with E-state index in [0.717, 1.165) is 50.1 Å². The maximum Gasteiger partial charge on any atom is 0.411 e. The van der Waals surface area contributed by atoms with E-state index in [4.69, 9.17) is 19.9 Å². The monoisotopic (exact) mass is 679 g/mol. The molecule has 2 amide bonds. The first-order valence-electron chi connectivity index (χ1n) is 16.9. The van der Waals surface area contributed by atoms with Gasteiger partial charge < -0.3 is 19.9 Å². The van der Waals surface area contributed by atoms with Gasteiger partial charge in [0.25, 0.3) is 0 Å². The van der Waals surface area contributed by atoms with E-state index in [9.17, 15) is 14.4 Å². The largest absolute Gasteiger partial charge is 0.460 e. The van der Waals surface area contributed by atoms with Crippen molar-refractivity contribution in [1.82, 2.24) is 10.6 Å². The third-order valence-electron chi connectivity index (χ3n) is 9.40. The SMILES string of the molecule is NCC(C(=O)OCc1ccccc1)C(=CNC(=O)OCC1c2ccccc2-c2ccccc21)NC(=O)OCC1c2ccccc2-c2ccccc21. The molecule has 9 nitrogen and oxygen atoms in total. The van der Waals surface area contributed by atoms with Gasteiger partial charge in [0.15, 0.2) is 0 Å². The minimum atomic E-state index is -1.12. The molecular weight excluding hydrogens is 642 g/mol. The zero-order chi connectivity index (χ0) is 35.2. The Morgan fingerprint density at radius 1 is 0.588 bits per heavy atom. The van der Waals surface area contributed by atoms with Gasteiger partial charge in [-0.1, -0.05) is 127 Å². The molecule has 7 rings (SSSR count).